The molecule has 1 aliphatic heterocycles. The summed E-state index contributed by atoms with van der Waals surface area (Å²) in [5.74, 6) is -0.565. The largest absolute Gasteiger partial charge is 0.416 e. The third kappa shape index (κ3) is 5.59. The van der Waals surface area contributed by atoms with Crippen LogP contribution in [0.3, 0.4) is 0 Å². The van der Waals surface area contributed by atoms with E-state index in [0.29, 0.717) is 6.54 Å². The Hall–Kier alpha value is -2.87. The average Bonchev–Trinajstić information content (AvgIpc) is 3.09. The minimum atomic E-state index is -4.50. The standard InChI is InChI=1S/C25H32F3N5O2S/c1-13(11-29)30-20(34)18-17-16(24(17,5)6)12-33(18)21(35)19(23(2,3)4)32-22(36)31-15-9-7-8-14(10-15)25(26,27)28/h7-10,13,16-19H,12H2,1-6H3,(H,30,34)(H2,31,32,36)/t13-,16-,17-,18-,19+/m0/s1. The van der Waals surface area contributed by atoms with Gasteiger partial charge in [-0.25, -0.2) is 0 Å². The Kier molecular flexibility index (Phi) is 7.34. The number of hydrogen-bond donors (Lipinski definition) is 3. The molecule has 7 nitrogen and oxygen atoms in total. The number of amides is 2. The molecule has 5 atom stereocenters. The Bertz CT molecular complexity index is 1090. The summed E-state index contributed by atoms with van der Waals surface area (Å²) in [5, 5.41) is 17.5. The number of piperidine rings is 1. The van der Waals surface area contributed by atoms with Gasteiger partial charge in [-0.15, -0.1) is 0 Å². The summed E-state index contributed by atoms with van der Waals surface area (Å²) in [6.07, 6.45) is -4.50. The monoisotopic (exact) mass is 523 g/mol. The summed E-state index contributed by atoms with van der Waals surface area (Å²) in [5.41, 5.74) is -1.42. The van der Waals surface area contributed by atoms with Crippen molar-refractivity contribution in [3.8, 4) is 6.07 Å². The van der Waals surface area contributed by atoms with Crippen LogP contribution in [0.4, 0.5) is 18.9 Å². The number of carbonyl (C=O) groups is 2. The van der Waals surface area contributed by atoms with E-state index in [1.807, 2.05) is 26.8 Å². The minimum absolute atomic E-state index is 0.00797. The quantitative estimate of drug-likeness (QED) is 0.507. The van der Waals surface area contributed by atoms with E-state index in [4.69, 9.17) is 17.5 Å². The fourth-order valence-corrected chi connectivity index (χ4v) is 5.27. The first kappa shape index (κ1) is 27.7. The van der Waals surface area contributed by atoms with Crippen LogP contribution in [0, 0.1) is 34.0 Å². The molecule has 1 aromatic carbocycles. The van der Waals surface area contributed by atoms with E-state index in [1.165, 1.54) is 12.1 Å². The molecule has 0 spiro atoms. The van der Waals surface area contributed by atoms with Crippen molar-refractivity contribution >= 4 is 34.8 Å². The highest BCUT2D eigenvalue weighted by Gasteiger charge is 2.69. The first-order chi connectivity index (χ1) is 16.5. The number of halogens is 3. The van der Waals surface area contributed by atoms with Gasteiger partial charge in [0, 0.05) is 12.2 Å². The lowest BCUT2D eigenvalue weighted by atomic mass is 9.85. The number of anilines is 1. The molecule has 1 aromatic rings. The lowest BCUT2D eigenvalue weighted by Crippen LogP contribution is -2.60. The lowest BCUT2D eigenvalue weighted by Gasteiger charge is -2.38. The highest BCUT2D eigenvalue weighted by atomic mass is 32.1. The van der Waals surface area contributed by atoms with E-state index >= 15 is 0 Å². The number of nitrogens with zero attached hydrogens (tertiary/aromatic N) is 2. The molecule has 2 fully saturated rings. The fourth-order valence-electron chi connectivity index (χ4n) is 5.03. The van der Waals surface area contributed by atoms with Crippen LogP contribution in [0.1, 0.15) is 47.1 Å². The van der Waals surface area contributed by atoms with Crippen LogP contribution < -0.4 is 16.0 Å². The van der Waals surface area contributed by atoms with Gasteiger partial charge in [0.2, 0.25) is 11.8 Å². The molecule has 1 aliphatic carbocycles. The number of fused-ring (bicyclic) bond motifs is 1. The van der Waals surface area contributed by atoms with Crippen LogP contribution in [0.15, 0.2) is 24.3 Å². The fraction of sp³-hybridized carbons (Fsp3) is 0.600. The first-order valence-electron chi connectivity index (χ1n) is 11.7. The van der Waals surface area contributed by atoms with E-state index in [1.54, 1.807) is 11.8 Å². The number of thiocarbonyl (C=S) groups is 1. The Morgan fingerprint density at radius 1 is 1.22 bits per heavy atom. The highest BCUT2D eigenvalue weighted by Crippen LogP contribution is 2.65. The summed E-state index contributed by atoms with van der Waals surface area (Å²) in [6, 6.07) is 4.32. The van der Waals surface area contributed by atoms with E-state index in [0.717, 1.165) is 12.1 Å². The van der Waals surface area contributed by atoms with Gasteiger partial charge in [0.15, 0.2) is 5.11 Å². The maximum Gasteiger partial charge on any atom is 0.416 e. The first-order valence-corrected chi connectivity index (χ1v) is 12.1. The molecule has 3 N–H and O–H groups in total. The van der Waals surface area contributed by atoms with Gasteiger partial charge in [-0.1, -0.05) is 40.7 Å². The summed E-state index contributed by atoms with van der Waals surface area (Å²) in [6.45, 7) is 11.6. The summed E-state index contributed by atoms with van der Waals surface area (Å²) in [7, 11) is 0. The zero-order valence-corrected chi connectivity index (χ0v) is 22.0. The van der Waals surface area contributed by atoms with Gasteiger partial charge in [-0.3, -0.25) is 9.59 Å². The van der Waals surface area contributed by atoms with Crippen LogP contribution in [0.25, 0.3) is 0 Å². The van der Waals surface area contributed by atoms with Crippen LogP contribution in [-0.4, -0.2) is 46.5 Å². The number of rotatable bonds is 5. The van der Waals surface area contributed by atoms with Crippen molar-refractivity contribution in [2.24, 2.45) is 22.7 Å². The van der Waals surface area contributed by atoms with Crippen molar-refractivity contribution in [3.05, 3.63) is 29.8 Å². The Morgan fingerprint density at radius 2 is 1.86 bits per heavy atom. The molecule has 3 rings (SSSR count). The molecule has 1 saturated carbocycles. The van der Waals surface area contributed by atoms with Crippen LogP contribution in [-0.2, 0) is 15.8 Å². The molecule has 0 aromatic heterocycles. The zero-order valence-electron chi connectivity index (χ0n) is 21.2. The molecule has 2 amide bonds. The number of nitrogens with one attached hydrogen (secondary N) is 3. The van der Waals surface area contributed by atoms with Crippen molar-refractivity contribution in [3.63, 3.8) is 0 Å². The van der Waals surface area contributed by atoms with Gasteiger partial charge in [0.25, 0.3) is 0 Å². The second-order valence-electron chi connectivity index (χ2n) is 11.2. The third-order valence-corrected chi connectivity index (χ3v) is 7.37. The van der Waals surface area contributed by atoms with Gasteiger partial charge in [-0.2, -0.15) is 18.4 Å². The van der Waals surface area contributed by atoms with Gasteiger partial charge in [0.1, 0.15) is 18.1 Å². The normalized spacial score (nSPS) is 24.1. The maximum atomic E-state index is 13.8. The molecule has 1 saturated heterocycles. The predicted molar refractivity (Wildman–Crippen MR) is 134 cm³/mol. The molecule has 0 bridgehead atoms. The number of carbonyl (C=O) groups excluding carboxylic acids is 2. The average molecular weight is 524 g/mol. The lowest BCUT2D eigenvalue weighted by molar-refractivity contribution is -0.143. The second kappa shape index (κ2) is 9.54. The Balaban J connectivity index is 1.80. The number of likely N-dealkylation sites (tertiary alicyclic amines) is 1. The van der Waals surface area contributed by atoms with Crippen molar-refractivity contribution in [2.75, 3.05) is 11.9 Å². The third-order valence-electron chi connectivity index (χ3n) is 7.15. The van der Waals surface area contributed by atoms with Crippen molar-refractivity contribution < 1.29 is 22.8 Å². The number of nitriles is 1. The second-order valence-corrected chi connectivity index (χ2v) is 11.6. The topological polar surface area (TPSA) is 97.3 Å². The van der Waals surface area contributed by atoms with E-state index < -0.39 is 35.3 Å². The summed E-state index contributed by atoms with van der Waals surface area (Å²) in [4.78, 5) is 28.4. The molecule has 0 unspecified atom stereocenters. The Labute approximate surface area is 214 Å². The van der Waals surface area contributed by atoms with Gasteiger partial charge < -0.3 is 20.9 Å². The molecule has 1 heterocycles. The zero-order chi connectivity index (χ0) is 27.2. The summed E-state index contributed by atoms with van der Waals surface area (Å²) < 4.78 is 39.2. The molecule has 0 radical (unpaired) electrons. The minimum Gasteiger partial charge on any atom is -0.350 e. The van der Waals surface area contributed by atoms with Crippen molar-refractivity contribution in [2.45, 2.75) is 65.8 Å². The van der Waals surface area contributed by atoms with Crippen molar-refractivity contribution in [1.82, 2.24) is 15.5 Å². The molecular weight excluding hydrogens is 491 g/mol. The van der Waals surface area contributed by atoms with Crippen LogP contribution in [0.2, 0.25) is 0 Å². The molecule has 2 aliphatic rings. The predicted octanol–water partition coefficient (Wildman–Crippen LogP) is 3.92. The molecule has 36 heavy (non-hydrogen) atoms. The number of hydrogen-bond acceptors (Lipinski definition) is 4. The summed E-state index contributed by atoms with van der Waals surface area (Å²) >= 11 is 5.34. The molecule has 196 valence electrons. The highest BCUT2D eigenvalue weighted by molar-refractivity contribution is 7.80. The maximum absolute atomic E-state index is 13.8. The van der Waals surface area contributed by atoms with Crippen molar-refractivity contribution in [1.29, 1.82) is 5.26 Å². The molecular formula is C25H32F3N5O2S. The van der Waals surface area contributed by atoms with Crippen LogP contribution in [0.5, 0.6) is 0 Å². The SMILES string of the molecule is C[C@@H](C#N)NC(=O)[C@@H]1[C@@H]2[C@H](CN1C(=O)[C@@H](NC(=S)Nc1cccc(C(F)(F)F)c1)C(C)(C)C)C2(C)C. The van der Waals surface area contributed by atoms with Crippen LogP contribution >= 0.6 is 12.2 Å². The smallest absolute Gasteiger partial charge is 0.350 e. The van der Waals surface area contributed by atoms with Gasteiger partial charge in [0.05, 0.1) is 11.6 Å². The van der Waals surface area contributed by atoms with Gasteiger partial charge >= 0.3 is 6.18 Å². The van der Waals surface area contributed by atoms with E-state index in [2.05, 4.69) is 29.8 Å². The Morgan fingerprint density at radius 3 is 2.42 bits per heavy atom. The number of alkyl halides is 3. The van der Waals surface area contributed by atoms with Gasteiger partial charge in [-0.05, 0) is 60.0 Å². The van der Waals surface area contributed by atoms with E-state index in [9.17, 15) is 22.8 Å². The molecule has 11 heteroatoms. The number of benzene rings is 1. The van der Waals surface area contributed by atoms with E-state index in [-0.39, 0.29) is 39.9 Å².